The summed E-state index contributed by atoms with van der Waals surface area (Å²) < 4.78 is 9.45. The van der Waals surface area contributed by atoms with Gasteiger partial charge in [-0.3, -0.25) is 4.79 Å². The summed E-state index contributed by atoms with van der Waals surface area (Å²) in [5.74, 6) is -0.230. The molecule has 1 saturated heterocycles. The second-order valence-corrected chi connectivity index (χ2v) is 3.80. The fourth-order valence-corrected chi connectivity index (χ4v) is 1.87. The van der Waals surface area contributed by atoms with E-state index in [2.05, 4.69) is 10.1 Å². The highest BCUT2D eigenvalue weighted by molar-refractivity contribution is 5.75. The van der Waals surface area contributed by atoms with Gasteiger partial charge in [0, 0.05) is 19.6 Å². The average molecular weight is 217 g/mol. The highest BCUT2D eigenvalue weighted by Gasteiger charge is 2.27. The van der Waals surface area contributed by atoms with E-state index in [1.807, 2.05) is 0 Å². The van der Waals surface area contributed by atoms with Crippen molar-refractivity contribution in [2.45, 2.75) is 44.1 Å². The average Bonchev–Trinajstić information content (AvgIpc) is 2.28. The Bertz CT molecular complexity index is 210. The maximum atomic E-state index is 11.3. The van der Waals surface area contributed by atoms with E-state index < -0.39 is 6.29 Å². The van der Waals surface area contributed by atoms with E-state index in [4.69, 9.17) is 4.74 Å². The van der Waals surface area contributed by atoms with Gasteiger partial charge in [-0.05, 0) is 19.3 Å². The van der Waals surface area contributed by atoms with Crippen molar-refractivity contribution >= 4 is 5.97 Å². The zero-order valence-corrected chi connectivity index (χ0v) is 9.23. The number of carbonyl (C=O) groups excluding carboxylic acids is 1. The summed E-state index contributed by atoms with van der Waals surface area (Å²) in [6, 6.07) is -0.115. The molecule has 5 nitrogen and oxygen atoms in total. The summed E-state index contributed by atoms with van der Waals surface area (Å²) >= 11 is 0. The normalized spacial score (nSPS) is 28.5. The molecule has 88 valence electrons. The standard InChI is InChI=1S/C10H19NO4/c1-14-9(12)6-7-4-3-5-8(11-7)10(13)15-2/h7-9,11-12H,3-6H2,1-2H3/t7-,8+,9?/m1/s1. The molecule has 5 heteroatoms. The van der Waals surface area contributed by atoms with E-state index in [0.717, 1.165) is 19.3 Å². The molecule has 1 rings (SSSR count). The minimum Gasteiger partial charge on any atom is -0.468 e. The first kappa shape index (κ1) is 12.4. The second kappa shape index (κ2) is 6.05. The molecule has 1 fully saturated rings. The van der Waals surface area contributed by atoms with Gasteiger partial charge in [0.05, 0.1) is 7.11 Å². The Hall–Kier alpha value is -0.650. The van der Waals surface area contributed by atoms with E-state index in [1.54, 1.807) is 0 Å². The number of rotatable bonds is 4. The summed E-state index contributed by atoms with van der Waals surface area (Å²) in [6.45, 7) is 0. The highest BCUT2D eigenvalue weighted by atomic mass is 16.6. The van der Waals surface area contributed by atoms with E-state index in [0.29, 0.717) is 6.42 Å². The molecule has 0 aliphatic carbocycles. The van der Waals surface area contributed by atoms with Crippen molar-refractivity contribution in [3.63, 3.8) is 0 Å². The number of ether oxygens (including phenoxy) is 2. The van der Waals surface area contributed by atoms with Crippen LogP contribution in [0.25, 0.3) is 0 Å². The van der Waals surface area contributed by atoms with E-state index in [9.17, 15) is 9.90 Å². The molecule has 0 aromatic rings. The lowest BCUT2D eigenvalue weighted by Gasteiger charge is -2.30. The molecule has 1 heterocycles. The summed E-state index contributed by atoms with van der Waals surface area (Å²) in [7, 11) is 2.85. The van der Waals surface area contributed by atoms with Crippen LogP contribution in [0.4, 0.5) is 0 Å². The number of carbonyl (C=O) groups is 1. The Morgan fingerprint density at radius 2 is 2.27 bits per heavy atom. The molecule has 3 atom stereocenters. The minimum absolute atomic E-state index is 0.123. The first-order valence-corrected chi connectivity index (χ1v) is 5.22. The smallest absolute Gasteiger partial charge is 0.322 e. The Morgan fingerprint density at radius 1 is 1.53 bits per heavy atom. The number of piperidine rings is 1. The van der Waals surface area contributed by atoms with Gasteiger partial charge in [0.25, 0.3) is 0 Å². The zero-order valence-electron chi connectivity index (χ0n) is 9.23. The molecule has 1 aliphatic rings. The fourth-order valence-electron chi connectivity index (χ4n) is 1.87. The maximum absolute atomic E-state index is 11.3. The first-order valence-electron chi connectivity index (χ1n) is 5.22. The lowest BCUT2D eigenvalue weighted by molar-refractivity contribution is -0.144. The van der Waals surface area contributed by atoms with Crippen molar-refractivity contribution in [3.05, 3.63) is 0 Å². The van der Waals surface area contributed by atoms with Crippen LogP contribution in [0.1, 0.15) is 25.7 Å². The monoisotopic (exact) mass is 217 g/mol. The lowest BCUT2D eigenvalue weighted by atomic mass is 9.96. The third-order valence-electron chi connectivity index (χ3n) is 2.73. The Morgan fingerprint density at radius 3 is 2.87 bits per heavy atom. The van der Waals surface area contributed by atoms with Crippen molar-refractivity contribution in [1.82, 2.24) is 5.32 Å². The summed E-state index contributed by atoms with van der Waals surface area (Å²) in [4.78, 5) is 11.3. The molecular weight excluding hydrogens is 198 g/mol. The molecule has 0 amide bonds. The number of hydrogen-bond donors (Lipinski definition) is 2. The van der Waals surface area contributed by atoms with Crippen LogP contribution in [-0.2, 0) is 14.3 Å². The third kappa shape index (κ3) is 3.77. The van der Waals surface area contributed by atoms with Gasteiger partial charge in [0.2, 0.25) is 0 Å². The van der Waals surface area contributed by atoms with Crippen LogP contribution in [0.5, 0.6) is 0 Å². The molecule has 0 aromatic carbocycles. The molecule has 1 aliphatic heterocycles. The summed E-state index contributed by atoms with van der Waals surface area (Å²) in [6.07, 6.45) is 2.46. The molecule has 1 unspecified atom stereocenters. The van der Waals surface area contributed by atoms with Gasteiger partial charge < -0.3 is 19.9 Å². The number of nitrogens with one attached hydrogen (secondary N) is 1. The van der Waals surface area contributed by atoms with E-state index in [1.165, 1.54) is 14.2 Å². The molecule has 15 heavy (non-hydrogen) atoms. The summed E-state index contributed by atoms with van der Waals surface area (Å²) in [5, 5.41) is 12.5. The highest BCUT2D eigenvalue weighted by Crippen LogP contribution is 2.17. The quantitative estimate of drug-likeness (QED) is 0.513. The van der Waals surface area contributed by atoms with Gasteiger partial charge >= 0.3 is 5.97 Å². The van der Waals surface area contributed by atoms with Crippen LogP contribution in [0.3, 0.4) is 0 Å². The van der Waals surface area contributed by atoms with Crippen LogP contribution in [0.15, 0.2) is 0 Å². The number of esters is 1. The summed E-state index contributed by atoms with van der Waals surface area (Å²) in [5.41, 5.74) is 0. The van der Waals surface area contributed by atoms with Crippen LogP contribution >= 0.6 is 0 Å². The van der Waals surface area contributed by atoms with Crippen LogP contribution in [-0.4, -0.2) is 43.7 Å². The zero-order chi connectivity index (χ0) is 11.3. The van der Waals surface area contributed by atoms with Gasteiger partial charge in [-0.25, -0.2) is 0 Å². The first-order chi connectivity index (χ1) is 7.17. The third-order valence-corrected chi connectivity index (χ3v) is 2.73. The van der Waals surface area contributed by atoms with Gasteiger partial charge in [-0.1, -0.05) is 0 Å². The van der Waals surface area contributed by atoms with Gasteiger partial charge in [0.1, 0.15) is 6.04 Å². The van der Waals surface area contributed by atoms with Crippen molar-refractivity contribution in [3.8, 4) is 0 Å². The number of aliphatic hydroxyl groups is 1. The van der Waals surface area contributed by atoms with Crippen molar-refractivity contribution in [2.75, 3.05) is 14.2 Å². The Balaban J connectivity index is 2.38. The second-order valence-electron chi connectivity index (χ2n) is 3.80. The van der Waals surface area contributed by atoms with Crippen molar-refractivity contribution < 1.29 is 19.4 Å². The molecule has 0 radical (unpaired) electrons. The SMILES string of the molecule is COC(=O)[C@@H]1CCC[C@H](CC(O)OC)N1. The molecule has 2 N–H and O–H groups in total. The van der Waals surface area contributed by atoms with Crippen LogP contribution in [0, 0.1) is 0 Å². The van der Waals surface area contributed by atoms with Crippen LogP contribution in [0.2, 0.25) is 0 Å². The van der Waals surface area contributed by atoms with Gasteiger partial charge in [0.15, 0.2) is 6.29 Å². The Kier molecular flexibility index (Phi) is 5.01. The van der Waals surface area contributed by atoms with E-state index >= 15 is 0 Å². The number of aliphatic hydroxyl groups excluding tert-OH is 1. The fraction of sp³-hybridized carbons (Fsp3) is 0.900. The molecule has 0 aromatic heterocycles. The molecule has 0 bridgehead atoms. The molecular formula is C10H19NO4. The Labute approximate surface area is 89.8 Å². The molecule has 0 saturated carbocycles. The lowest BCUT2D eigenvalue weighted by Crippen LogP contribution is -2.48. The predicted molar refractivity (Wildman–Crippen MR) is 54.2 cm³/mol. The minimum atomic E-state index is -0.765. The largest absolute Gasteiger partial charge is 0.468 e. The van der Waals surface area contributed by atoms with Gasteiger partial charge in [-0.15, -0.1) is 0 Å². The number of hydrogen-bond acceptors (Lipinski definition) is 5. The van der Waals surface area contributed by atoms with Crippen molar-refractivity contribution in [1.29, 1.82) is 0 Å². The topological polar surface area (TPSA) is 67.8 Å². The predicted octanol–water partition coefficient (Wildman–Crippen LogP) is 0.0250. The molecule has 0 spiro atoms. The van der Waals surface area contributed by atoms with Crippen molar-refractivity contribution in [2.24, 2.45) is 0 Å². The number of methoxy groups -OCH3 is 2. The van der Waals surface area contributed by atoms with Crippen LogP contribution < -0.4 is 5.32 Å². The van der Waals surface area contributed by atoms with Gasteiger partial charge in [-0.2, -0.15) is 0 Å². The maximum Gasteiger partial charge on any atom is 0.322 e. The van der Waals surface area contributed by atoms with E-state index in [-0.39, 0.29) is 18.1 Å².